The molecule has 0 aromatic heterocycles. The Balaban J connectivity index is 3.23. The molecule has 2 atom stereocenters. The van der Waals surface area contributed by atoms with Crippen molar-refractivity contribution >= 4 is 5.97 Å². The molecule has 2 unspecified atom stereocenters. The van der Waals surface area contributed by atoms with Crippen molar-refractivity contribution in [3.8, 4) is 17.2 Å². The van der Waals surface area contributed by atoms with Gasteiger partial charge in [0, 0.05) is 12.1 Å². The van der Waals surface area contributed by atoms with Crippen molar-refractivity contribution in [2.24, 2.45) is 5.92 Å². The Morgan fingerprint density at radius 3 is 2.00 bits per heavy atom. The molecule has 112 valence electrons. The van der Waals surface area contributed by atoms with Crippen LogP contribution in [0.4, 0.5) is 0 Å². The molecule has 0 saturated carbocycles. The first-order valence-electron chi connectivity index (χ1n) is 6.14. The third-order valence-corrected chi connectivity index (χ3v) is 3.08. The van der Waals surface area contributed by atoms with Crippen molar-refractivity contribution in [2.75, 3.05) is 21.3 Å². The normalized spacial score (nSPS) is 13.4. The van der Waals surface area contributed by atoms with Crippen LogP contribution in [0, 0.1) is 5.92 Å². The molecule has 0 saturated heterocycles. The second-order valence-corrected chi connectivity index (χ2v) is 4.47. The van der Waals surface area contributed by atoms with Crippen LogP contribution in [0.2, 0.25) is 0 Å². The average molecular weight is 284 g/mol. The quantitative estimate of drug-likeness (QED) is 0.795. The summed E-state index contributed by atoms with van der Waals surface area (Å²) in [7, 11) is 4.44. The third-order valence-electron chi connectivity index (χ3n) is 3.08. The highest BCUT2D eigenvalue weighted by atomic mass is 16.5. The predicted octanol–water partition coefficient (Wildman–Crippen LogP) is 1.86. The Morgan fingerprint density at radius 2 is 1.65 bits per heavy atom. The number of benzene rings is 1. The number of aliphatic carboxylic acids is 1. The van der Waals surface area contributed by atoms with Crippen molar-refractivity contribution in [1.82, 2.24) is 0 Å². The SMILES string of the molecule is COc1cc(OC)c(C(O)C(C)CC(=O)O)c(OC)c1. The van der Waals surface area contributed by atoms with Gasteiger partial charge in [-0.15, -0.1) is 0 Å². The van der Waals surface area contributed by atoms with Crippen LogP contribution in [0.3, 0.4) is 0 Å². The number of carboxylic acids is 1. The molecule has 0 amide bonds. The Morgan fingerprint density at radius 1 is 1.15 bits per heavy atom. The zero-order chi connectivity index (χ0) is 15.3. The number of ether oxygens (including phenoxy) is 3. The molecule has 1 aromatic carbocycles. The lowest BCUT2D eigenvalue weighted by atomic mass is 9.93. The number of hydrogen-bond donors (Lipinski definition) is 2. The van der Waals surface area contributed by atoms with Crippen LogP contribution in [-0.2, 0) is 4.79 Å². The van der Waals surface area contributed by atoms with Crippen molar-refractivity contribution in [2.45, 2.75) is 19.4 Å². The lowest BCUT2D eigenvalue weighted by Gasteiger charge is -2.22. The molecular weight excluding hydrogens is 264 g/mol. The maximum absolute atomic E-state index is 10.8. The van der Waals surface area contributed by atoms with Gasteiger partial charge in [-0.05, 0) is 5.92 Å². The molecule has 0 aliphatic carbocycles. The molecule has 6 nitrogen and oxygen atoms in total. The molecule has 0 aliphatic heterocycles. The van der Waals surface area contributed by atoms with E-state index in [-0.39, 0.29) is 6.42 Å². The number of carbonyl (C=O) groups is 1. The minimum atomic E-state index is -1.01. The van der Waals surface area contributed by atoms with Crippen molar-refractivity contribution in [1.29, 1.82) is 0 Å². The van der Waals surface area contributed by atoms with Crippen LogP contribution in [0.5, 0.6) is 17.2 Å². The van der Waals surface area contributed by atoms with Gasteiger partial charge in [0.25, 0.3) is 0 Å². The molecule has 0 spiro atoms. The molecule has 1 rings (SSSR count). The van der Waals surface area contributed by atoms with Gasteiger partial charge in [-0.2, -0.15) is 0 Å². The summed E-state index contributed by atoms with van der Waals surface area (Å²) in [5, 5.41) is 19.2. The highest BCUT2D eigenvalue weighted by Crippen LogP contribution is 2.41. The molecule has 20 heavy (non-hydrogen) atoms. The highest BCUT2D eigenvalue weighted by Gasteiger charge is 2.26. The molecule has 0 fully saturated rings. The van der Waals surface area contributed by atoms with E-state index in [9.17, 15) is 9.90 Å². The third kappa shape index (κ3) is 3.54. The number of rotatable bonds is 7. The van der Waals surface area contributed by atoms with E-state index in [1.807, 2.05) is 0 Å². The van der Waals surface area contributed by atoms with Crippen molar-refractivity contribution in [3.05, 3.63) is 17.7 Å². The molecule has 1 aromatic rings. The van der Waals surface area contributed by atoms with E-state index >= 15 is 0 Å². The number of aliphatic hydroxyl groups excluding tert-OH is 1. The minimum absolute atomic E-state index is 0.153. The molecule has 0 heterocycles. The summed E-state index contributed by atoms with van der Waals surface area (Å²) in [6.45, 7) is 1.65. The van der Waals surface area contributed by atoms with E-state index in [1.54, 1.807) is 19.1 Å². The van der Waals surface area contributed by atoms with Gasteiger partial charge in [0.2, 0.25) is 0 Å². The van der Waals surface area contributed by atoms with Crippen molar-refractivity contribution < 1.29 is 29.2 Å². The Hall–Kier alpha value is -1.95. The summed E-state index contributed by atoms with van der Waals surface area (Å²) < 4.78 is 15.6. The van der Waals surface area contributed by atoms with Crippen LogP contribution >= 0.6 is 0 Å². The maximum atomic E-state index is 10.8. The topological polar surface area (TPSA) is 85.2 Å². The summed E-state index contributed by atoms with van der Waals surface area (Å²) in [4.78, 5) is 10.8. The van der Waals surface area contributed by atoms with Crippen LogP contribution < -0.4 is 14.2 Å². The van der Waals surface area contributed by atoms with Gasteiger partial charge in [0.05, 0.1) is 39.4 Å². The van der Waals surface area contributed by atoms with E-state index in [1.165, 1.54) is 21.3 Å². The van der Waals surface area contributed by atoms with Crippen LogP contribution in [0.1, 0.15) is 25.0 Å². The van der Waals surface area contributed by atoms with Gasteiger partial charge < -0.3 is 24.4 Å². The van der Waals surface area contributed by atoms with E-state index < -0.39 is 18.0 Å². The first-order valence-corrected chi connectivity index (χ1v) is 6.14. The summed E-state index contributed by atoms with van der Waals surface area (Å²) in [5.41, 5.74) is 0.421. The zero-order valence-electron chi connectivity index (χ0n) is 12.0. The van der Waals surface area contributed by atoms with Crippen LogP contribution in [0.25, 0.3) is 0 Å². The highest BCUT2D eigenvalue weighted by molar-refractivity contribution is 5.67. The Kier molecular flexibility index (Phi) is 5.64. The molecule has 0 aliphatic rings. The summed E-state index contributed by atoms with van der Waals surface area (Å²) in [6.07, 6.45) is -1.17. The number of carboxylic acid groups (broad SMARTS) is 1. The number of methoxy groups -OCH3 is 3. The standard InChI is InChI=1S/C14H20O6/c1-8(5-12(15)16)14(17)13-10(19-3)6-9(18-2)7-11(13)20-4/h6-8,14,17H,5H2,1-4H3,(H,15,16). The van der Waals surface area contributed by atoms with Gasteiger partial charge >= 0.3 is 5.97 Å². The smallest absolute Gasteiger partial charge is 0.303 e. The van der Waals surface area contributed by atoms with Crippen LogP contribution in [0.15, 0.2) is 12.1 Å². The molecule has 0 bridgehead atoms. The number of aliphatic hydroxyl groups is 1. The fourth-order valence-corrected chi connectivity index (χ4v) is 2.00. The van der Waals surface area contributed by atoms with E-state index in [4.69, 9.17) is 19.3 Å². The van der Waals surface area contributed by atoms with E-state index in [0.29, 0.717) is 22.8 Å². The maximum Gasteiger partial charge on any atom is 0.303 e. The predicted molar refractivity (Wildman–Crippen MR) is 72.5 cm³/mol. The Bertz CT molecular complexity index is 446. The largest absolute Gasteiger partial charge is 0.496 e. The van der Waals surface area contributed by atoms with Crippen molar-refractivity contribution in [3.63, 3.8) is 0 Å². The monoisotopic (exact) mass is 284 g/mol. The zero-order valence-corrected chi connectivity index (χ0v) is 12.0. The summed E-state index contributed by atoms with van der Waals surface area (Å²) in [5.74, 6) is -0.135. The lowest BCUT2D eigenvalue weighted by Crippen LogP contribution is -2.15. The van der Waals surface area contributed by atoms with E-state index in [0.717, 1.165) is 0 Å². The summed E-state index contributed by atoms with van der Waals surface area (Å²) in [6, 6.07) is 3.24. The first kappa shape index (κ1) is 16.1. The fraction of sp³-hybridized carbons (Fsp3) is 0.500. The summed E-state index contributed by atoms with van der Waals surface area (Å²) >= 11 is 0. The van der Waals surface area contributed by atoms with Gasteiger partial charge in [-0.1, -0.05) is 6.92 Å². The Labute approximate surface area is 117 Å². The fourth-order valence-electron chi connectivity index (χ4n) is 2.00. The second-order valence-electron chi connectivity index (χ2n) is 4.47. The molecule has 0 radical (unpaired) electrons. The van der Waals surface area contributed by atoms with Gasteiger partial charge in [0.1, 0.15) is 17.2 Å². The molecule has 6 heteroatoms. The number of hydrogen-bond acceptors (Lipinski definition) is 5. The van der Waals surface area contributed by atoms with Gasteiger partial charge in [-0.3, -0.25) is 4.79 Å². The second kappa shape index (κ2) is 7.00. The minimum Gasteiger partial charge on any atom is -0.496 e. The first-order chi connectivity index (χ1) is 9.44. The molecular formula is C14H20O6. The van der Waals surface area contributed by atoms with Gasteiger partial charge in [-0.25, -0.2) is 0 Å². The van der Waals surface area contributed by atoms with E-state index in [2.05, 4.69) is 0 Å². The van der Waals surface area contributed by atoms with Gasteiger partial charge in [0.15, 0.2) is 0 Å². The molecule has 2 N–H and O–H groups in total. The lowest BCUT2D eigenvalue weighted by molar-refractivity contribution is -0.139. The van der Waals surface area contributed by atoms with Crippen LogP contribution in [-0.4, -0.2) is 37.5 Å². The average Bonchev–Trinajstić information content (AvgIpc) is 2.43.